The van der Waals surface area contributed by atoms with Crippen molar-refractivity contribution in [3.8, 4) is 0 Å². The number of methoxy groups -OCH3 is 1. The van der Waals surface area contributed by atoms with E-state index in [2.05, 4.69) is 10.1 Å². The molecule has 1 aliphatic heterocycles. The largest absolute Gasteiger partial charge is 0.467 e. The molecule has 1 saturated heterocycles. The average Bonchev–Trinajstić information content (AvgIpc) is 3.12. The maximum Gasteiger partial charge on any atom is 0.328 e. The van der Waals surface area contributed by atoms with Crippen molar-refractivity contribution < 1.29 is 28.6 Å². The van der Waals surface area contributed by atoms with Gasteiger partial charge in [0.05, 0.1) is 13.2 Å². The number of halogens is 1. The predicted molar refractivity (Wildman–Crippen MR) is 82.6 cm³/mol. The van der Waals surface area contributed by atoms with Gasteiger partial charge < -0.3 is 20.1 Å². The van der Waals surface area contributed by atoms with E-state index in [1.165, 1.54) is 12.0 Å². The fourth-order valence-electron chi connectivity index (χ4n) is 2.83. The molecule has 0 radical (unpaired) electrons. The van der Waals surface area contributed by atoms with Crippen LogP contribution < -0.4 is 5.32 Å². The highest BCUT2D eigenvalue weighted by Crippen LogP contribution is 2.40. The van der Waals surface area contributed by atoms with Crippen LogP contribution in [0.2, 0.25) is 0 Å². The van der Waals surface area contributed by atoms with E-state index in [0.717, 1.165) is 0 Å². The van der Waals surface area contributed by atoms with E-state index >= 15 is 0 Å². The molecule has 1 heterocycles. The van der Waals surface area contributed by atoms with E-state index in [1.807, 2.05) is 0 Å². The predicted octanol–water partition coefficient (Wildman–Crippen LogP) is 0.154. The van der Waals surface area contributed by atoms with Crippen LogP contribution in [0.3, 0.4) is 0 Å². The van der Waals surface area contributed by atoms with Gasteiger partial charge in [-0.1, -0.05) is 20.8 Å². The lowest BCUT2D eigenvalue weighted by Gasteiger charge is -2.35. The summed E-state index contributed by atoms with van der Waals surface area (Å²) in [6.45, 7) is 5.20. The Kier molecular flexibility index (Phi) is 4.90. The van der Waals surface area contributed by atoms with Gasteiger partial charge in [-0.25, -0.2) is 9.18 Å². The normalized spacial score (nSPS) is 26.7. The third kappa shape index (κ3) is 3.68. The van der Waals surface area contributed by atoms with E-state index in [4.69, 9.17) is 0 Å². The van der Waals surface area contributed by atoms with Crippen molar-refractivity contribution in [2.24, 2.45) is 5.41 Å². The number of β-amino-alcohol motifs (C(OH)–C–C–N with tert-alkyl or cyclic N) is 1. The van der Waals surface area contributed by atoms with Gasteiger partial charge in [-0.15, -0.1) is 0 Å². The van der Waals surface area contributed by atoms with E-state index in [9.17, 15) is 23.9 Å². The average molecular weight is 344 g/mol. The van der Waals surface area contributed by atoms with Crippen LogP contribution in [0.1, 0.15) is 40.0 Å². The second-order valence-corrected chi connectivity index (χ2v) is 7.66. The fourth-order valence-corrected chi connectivity index (χ4v) is 2.83. The van der Waals surface area contributed by atoms with Crippen LogP contribution in [0.4, 0.5) is 4.39 Å². The minimum absolute atomic E-state index is 0.0260. The van der Waals surface area contributed by atoms with Crippen molar-refractivity contribution in [2.45, 2.75) is 63.9 Å². The van der Waals surface area contributed by atoms with Crippen molar-refractivity contribution in [1.29, 1.82) is 0 Å². The number of alkyl halides is 1. The van der Waals surface area contributed by atoms with E-state index in [-0.39, 0.29) is 25.8 Å². The number of hydrogen-bond donors (Lipinski definition) is 2. The molecule has 0 aromatic heterocycles. The molecule has 24 heavy (non-hydrogen) atoms. The summed E-state index contributed by atoms with van der Waals surface area (Å²) in [4.78, 5) is 38.0. The van der Waals surface area contributed by atoms with Gasteiger partial charge in [-0.2, -0.15) is 0 Å². The highest BCUT2D eigenvalue weighted by molar-refractivity contribution is 5.95. The third-order valence-corrected chi connectivity index (χ3v) is 4.52. The van der Waals surface area contributed by atoms with Gasteiger partial charge in [-0.3, -0.25) is 9.59 Å². The Morgan fingerprint density at radius 1 is 1.33 bits per heavy atom. The summed E-state index contributed by atoms with van der Waals surface area (Å²) in [6.07, 6.45) is -0.463. The first-order valence-electron chi connectivity index (χ1n) is 8.06. The minimum atomic E-state index is -1.89. The quantitative estimate of drug-likeness (QED) is 0.708. The highest BCUT2D eigenvalue weighted by Gasteiger charge is 2.53. The lowest BCUT2D eigenvalue weighted by molar-refractivity contribution is -0.153. The summed E-state index contributed by atoms with van der Waals surface area (Å²) >= 11 is 0. The number of likely N-dealkylation sites (tertiary alicyclic amines) is 1. The molecule has 7 nitrogen and oxygen atoms in total. The molecular weight excluding hydrogens is 319 g/mol. The summed E-state index contributed by atoms with van der Waals surface area (Å²) < 4.78 is 18.6. The van der Waals surface area contributed by atoms with Crippen molar-refractivity contribution in [2.75, 3.05) is 13.7 Å². The van der Waals surface area contributed by atoms with Gasteiger partial charge in [-0.05, 0) is 18.3 Å². The fraction of sp³-hybridized carbons (Fsp3) is 0.812. The topological polar surface area (TPSA) is 95.9 Å². The number of carbonyl (C=O) groups excluding carboxylic acids is 3. The molecule has 0 spiro atoms. The molecule has 2 rings (SSSR count). The molecular formula is C16H25FN2O5. The molecule has 0 aromatic carbocycles. The van der Waals surface area contributed by atoms with E-state index < -0.39 is 47.1 Å². The number of aliphatic hydroxyl groups is 1. The maximum absolute atomic E-state index is 14.0. The second-order valence-electron chi connectivity index (χ2n) is 7.66. The lowest BCUT2D eigenvalue weighted by atomic mass is 9.85. The van der Waals surface area contributed by atoms with Gasteiger partial charge in [0.1, 0.15) is 12.1 Å². The van der Waals surface area contributed by atoms with Gasteiger partial charge in [0.25, 0.3) is 5.91 Å². The number of ether oxygens (including phenoxy) is 1. The first-order valence-corrected chi connectivity index (χ1v) is 8.06. The molecule has 3 atom stereocenters. The summed E-state index contributed by atoms with van der Waals surface area (Å²) in [5.74, 6) is -1.94. The Balaban J connectivity index is 2.20. The SMILES string of the molecule is COC(=O)[C@@H]1C[C@@H](O)CN1C(=O)C(NC(=O)C1(F)CC1)C(C)(C)C. The smallest absolute Gasteiger partial charge is 0.328 e. The number of nitrogens with zero attached hydrogens (tertiary/aromatic N) is 1. The van der Waals surface area contributed by atoms with Crippen LogP contribution in [0, 0.1) is 5.41 Å². The van der Waals surface area contributed by atoms with Crippen LogP contribution >= 0.6 is 0 Å². The standard InChI is InChI=1S/C16H25FN2O5/c1-15(2,3)11(18-14(23)16(17)5-6-16)12(21)19-8-9(20)7-10(19)13(22)24-4/h9-11,20H,5-8H2,1-4H3,(H,18,23)/t9-,10+,11?/m1/s1. The molecule has 0 aromatic rings. The maximum atomic E-state index is 14.0. The zero-order valence-electron chi connectivity index (χ0n) is 14.5. The molecule has 0 bridgehead atoms. The molecule has 2 N–H and O–H groups in total. The molecule has 136 valence electrons. The molecule has 1 saturated carbocycles. The zero-order chi connectivity index (χ0) is 18.3. The van der Waals surface area contributed by atoms with Crippen molar-refractivity contribution >= 4 is 17.8 Å². The number of aliphatic hydroxyl groups excluding tert-OH is 1. The zero-order valence-corrected chi connectivity index (χ0v) is 14.5. The minimum Gasteiger partial charge on any atom is -0.467 e. The Morgan fingerprint density at radius 2 is 1.92 bits per heavy atom. The van der Waals surface area contributed by atoms with Gasteiger partial charge >= 0.3 is 5.97 Å². The summed E-state index contributed by atoms with van der Waals surface area (Å²) in [7, 11) is 1.21. The lowest BCUT2D eigenvalue weighted by Crippen LogP contribution is -2.58. The summed E-state index contributed by atoms with van der Waals surface area (Å²) in [5.41, 5.74) is -2.58. The number of hydrogen-bond acceptors (Lipinski definition) is 5. The Labute approximate surface area is 140 Å². The first kappa shape index (κ1) is 18.6. The van der Waals surface area contributed by atoms with Crippen LogP contribution in [-0.2, 0) is 19.1 Å². The number of esters is 1. The van der Waals surface area contributed by atoms with Gasteiger partial charge in [0.15, 0.2) is 5.67 Å². The second kappa shape index (κ2) is 6.31. The van der Waals surface area contributed by atoms with Gasteiger partial charge in [0.2, 0.25) is 5.91 Å². The molecule has 8 heteroatoms. The van der Waals surface area contributed by atoms with Crippen molar-refractivity contribution in [3.05, 3.63) is 0 Å². The summed E-state index contributed by atoms with van der Waals surface area (Å²) in [6, 6.07) is -1.91. The summed E-state index contributed by atoms with van der Waals surface area (Å²) in [5, 5.41) is 12.3. The number of carbonyl (C=O) groups is 3. The van der Waals surface area contributed by atoms with Crippen LogP contribution in [0.15, 0.2) is 0 Å². The molecule has 2 aliphatic rings. The monoisotopic (exact) mass is 344 g/mol. The number of rotatable bonds is 4. The van der Waals surface area contributed by atoms with Gasteiger partial charge in [0, 0.05) is 13.0 Å². The number of amides is 2. The molecule has 1 aliphatic carbocycles. The third-order valence-electron chi connectivity index (χ3n) is 4.52. The Hall–Kier alpha value is -1.70. The first-order chi connectivity index (χ1) is 11.0. The van der Waals surface area contributed by atoms with Crippen LogP contribution in [0.25, 0.3) is 0 Å². The van der Waals surface area contributed by atoms with E-state index in [1.54, 1.807) is 20.8 Å². The van der Waals surface area contributed by atoms with Crippen molar-refractivity contribution in [3.63, 3.8) is 0 Å². The molecule has 1 unspecified atom stereocenters. The Bertz CT molecular complexity index is 541. The number of nitrogens with one attached hydrogen (secondary N) is 1. The Morgan fingerprint density at radius 3 is 2.38 bits per heavy atom. The van der Waals surface area contributed by atoms with Crippen LogP contribution in [-0.4, -0.2) is 65.3 Å². The van der Waals surface area contributed by atoms with Crippen LogP contribution in [0.5, 0.6) is 0 Å². The van der Waals surface area contributed by atoms with Crippen molar-refractivity contribution in [1.82, 2.24) is 10.2 Å². The molecule has 2 amide bonds. The highest BCUT2D eigenvalue weighted by atomic mass is 19.1. The van der Waals surface area contributed by atoms with E-state index in [0.29, 0.717) is 0 Å². The molecule has 2 fully saturated rings.